The molecule has 0 aliphatic carbocycles. The summed E-state index contributed by atoms with van der Waals surface area (Å²) in [5.74, 6) is -0.895. The highest BCUT2D eigenvalue weighted by Crippen LogP contribution is 2.26. The molecule has 4 aromatic rings. The van der Waals surface area contributed by atoms with Crippen LogP contribution in [0.25, 0.3) is 21.8 Å². The molecular formula is C25H23N3O2. The van der Waals surface area contributed by atoms with Crippen molar-refractivity contribution in [2.45, 2.75) is 26.3 Å². The Bertz CT molecular complexity index is 1210. The molecule has 1 aromatic heterocycles. The minimum absolute atomic E-state index is 0.333. The number of carbonyl (C=O) groups is 2. The Balaban J connectivity index is 1.76. The Hall–Kier alpha value is -3.73. The van der Waals surface area contributed by atoms with E-state index in [9.17, 15) is 9.59 Å². The second-order valence-corrected chi connectivity index (χ2v) is 7.52. The molecule has 3 N–H and O–H groups in total. The number of pyridine rings is 1. The molecule has 0 aliphatic rings. The molecule has 1 heterocycles. The van der Waals surface area contributed by atoms with Crippen molar-refractivity contribution >= 4 is 33.6 Å². The number of aromatic nitrogens is 1. The SMILES string of the molecule is Cc1cccc(C)c1C[C@H](NC(=O)c1c2ccccc2nc2ccccc12)C(N)=O. The predicted molar refractivity (Wildman–Crippen MR) is 119 cm³/mol. The van der Waals surface area contributed by atoms with E-state index in [2.05, 4.69) is 10.3 Å². The topological polar surface area (TPSA) is 85.1 Å². The van der Waals surface area contributed by atoms with Crippen LogP contribution in [0.3, 0.4) is 0 Å². The Morgan fingerprint density at radius 3 is 1.93 bits per heavy atom. The van der Waals surface area contributed by atoms with Gasteiger partial charge in [0.2, 0.25) is 5.91 Å². The fraction of sp³-hybridized carbons (Fsp3) is 0.160. The molecule has 5 heteroatoms. The minimum atomic E-state index is -0.817. The van der Waals surface area contributed by atoms with Gasteiger partial charge in [0.15, 0.2) is 0 Å². The molecule has 0 spiro atoms. The number of benzene rings is 3. The molecule has 2 amide bonds. The van der Waals surface area contributed by atoms with Gasteiger partial charge in [-0.15, -0.1) is 0 Å². The summed E-state index contributed by atoms with van der Waals surface area (Å²) in [7, 11) is 0. The highest BCUT2D eigenvalue weighted by molar-refractivity contribution is 6.16. The molecule has 0 radical (unpaired) electrons. The number of hydrogen-bond donors (Lipinski definition) is 2. The monoisotopic (exact) mass is 397 g/mol. The second kappa shape index (κ2) is 7.95. The first-order chi connectivity index (χ1) is 14.5. The number of nitrogens with two attached hydrogens (primary N) is 1. The van der Waals surface area contributed by atoms with Gasteiger partial charge in [-0.25, -0.2) is 4.98 Å². The third kappa shape index (κ3) is 3.62. The fourth-order valence-electron chi connectivity index (χ4n) is 3.91. The van der Waals surface area contributed by atoms with Crippen molar-refractivity contribution in [2.75, 3.05) is 0 Å². The molecule has 0 bridgehead atoms. The molecule has 30 heavy (non-hydrogen) atoms. The molecule has 150 valence electrons. The lowest BCUT2D eigenvalue weighted by Crippen LogP contribution is -2.46. The molecule has 5 nitrogen and oxygen atoms in total. The van der Waals surface area contributed by atoms with Gasteiger partial charge in [0, 0.05) is 17.2 Å². The Morgan fingerprint density at radius 2 is 1.40 bits per heavy atom. The van der Waals surface area contributed by atoms with E-state index in [0.29, 0.717) is 12.0 Å². The molecule has 0 aliphatic heterocycles. The zero-order chi connectivity index (χ0) is 21.3. The zero-order valence-electron chi connectivity index (χ0n) is 17.0. The van der Waals surface area contributed by atoms with Gasteiger partial charge in [0.1, 0.15) is 6.04 Å². The number of aryl methyl sites for hydroxylation is 2. The van der Waals surface area contributed by atoms with E-state index >= 15 is 0 Å². The van der Waals surface area contributed by atoms with Gasteiger partial charge in [-0.2, -0.15) is 0 Å². The number of para-hydroxylation sites is 2. The molecule has 3 aromatic carbocycles. The van der Waals surface area contributed by atoms with E-state index < -0.39 is 11.9 Å². The van der Waals surface area contributed by atoms with E-state index in [-0.39, 0.29) is 5.91 Å². The highest BCUT2D eigenvalue weighted by atomic mass is 16.2. The maximum Gasteiger partial charge on any atom is 0.253 e. The summed E-state index contributed by atoms with van der Waals surface area (Å²) in [6.07, 6.45) is 0.348. The summed E-state index contributed by atoms with van der Waals surface area (Å²) >= 11 is 0. The van der Waals surface area contributed by atoms with E-state index in [1.807, 2.05) is 80.6 Å². The van der Waals surface area contributed by atoms with Crippen LogP contribution < -0.4 is 11.1 Å². The normalized spacial score (nSPS) is 12.1. The number of carbonyl (C=O) groups excluding carboxylic acids is 2. The molecule has 0 fully saturated rings. The smallest absolute Gasteiger partial charge is 0.253 e. The lowest BCUT2D eigenvalue weighted by molar-refractivity contribution is -0.119. The van der Waals surface area contributed by atoms with E-state index in [0.717, 1.165) is 38.5 Å². The maximum absolute atomic E-state index is 13.4. The number of hydrogen-bond acceptors (Lipinski definition) is 3. The first-order valence-electron chi connectivity index (χ1n) is 9.88. The standard InChI is InChI=1S/C25H23N3O2/c1-15-8-7-9-16(2)19(15)14-22(24(26)29)28-25(30)23-17-10-3-5-12-20(17)27-21-13-6-4-11-18(21)23/h3-13,22H,14H2,1-2H3,(H2,26,29)(H,28,30)/t22-/m0/s1. The van der Waals surface area contributed by atoms with Gasteiger partial charge in [-0.1, -0.05) is 54.6 Å². The Morgan fingerprint density at radius 1 is 0.867 bits per heavy atom. The fourth-order valence-corrected chi connectivity index (χ4v) is 3.91. The maximum atomic E-state index is 13.4. The molecule has 0 saturated carbocycles. The number of amides is 2. The number of nitrogens with zero attached hydrogens (tertiary/aromatic N) is 1. The molecule has 4 rings (SSSR count). The summed E-state index contributed by atoms with van der Waals surface area (Å²) in [4.78, 5) is 30.3. The predicted octanol–water partition coefficient (Wildman–Crippen LogP) is 3.83. The lowest BCUT2D eigenvalue weighted by Gasteiger charge is -2.19. The van der Waals surface area contributed by atoms with Crippen LogP contribution in [-0.4, -0.2) is 22.8 Å². The molecule has 0 saturated heterocycles. The van der Waals surface area contributed by atoms with Crippen molar-refractivity contribution in [1.82, 2.24) is 10.3 Å². The summed E-state index contributed by atoms with van der Waals surface area (Å²) in [6, 6.07) is 20.2. The van der Waals surface area contributed by atoms with Crippen LogP contribution in [0, 0.1) is 13.8 Å². The van der Waals surface area contributed by atoms with E-state index in [1.165, 1.54) is 0 Å². The van der Waals surface area contributed by atoms with Crippen LogP contribution in [0.1, 0.15) is 27.0 Å². The highest BCUT2D eigenvalue weighted by Gasteiger charge is 2.23. The van der Waals surface area contributed by atoms with Gasteiger partial charge < -0.3 is 11.1 Å². The number of nitrogens with one attached hydrogen (secondary N) is 1. The van der Waals surface area contributed by atoms with Crippen molar-refractivity contribution in [3.8, 4) is 0 Å². The van der Waals surface area contributed by atoms with Gasteiger partial charge in [0.25, 0.3) is 5.91 Å². The van der Waals surface area contributed by atoms with Crippen LogP contribution in [0.15, 0.2) is 66.7 Å². The largest absolute Gasteiger partial charge is 0.368 e. The first kappa shape index (κ1) is 19.6. The third-order valence-corrected chi connectivity index (χ3v) is 5.52. The van der Waals surface area contributed by atoms with E-state index in [4.69, 9.17) is 5.73 Å². The van der Waals surface area contributed by atoms with Crippen LogP contribution >= 0.6 is 0 Å². The third-order valence-electron chi connectivity index (χ3n) is 5.52. The molecular weight excluding hydrogens is 374 g/mol. The first-order valence-corrected chi connectivity index (χ1v) is 9.88. The summed E-state index contributed by atoms with van der Waals surface area (Å²) in [6.45, 7) is 3.98. The quantitative estimate of drug-likeness (QED) is 0.502. The van der Waals surface area contributed by atoms with Gasteiger partial charge >= 0.3 is 0 Å². The van der Waals surface area contributed by atoms with Crippen molar-refractivity contribution in [3.63, 3.8) is 0 Å². The van der Waals surface area contributed by atoms with E-state index in [1.54, 1.807) is 0 Å². The Kier molecular flexibility index (Phi) is 5.19. The number of fused-ring (bicyclic) bond motifs is 2. The average Bonchev–Trinajstić information content (AvgIpc) is 2.73. The van der Waals surface area contributed by atoms with Crippen molar-refractivity contribution in [2.24, 2.45) is 5.73 Å². The summed E-state index contributed by atoms with van der Waals surface area (Å²) in [5.41, 5.74) is 10.8. The van der Waals surface area contributed by atoms with Gasteiger partial charge in [-0.3, -0.25) is 9.59 Å². The van der Waals surface area contributed by atoms with Crippen molar-refractivity contribution < 1.29 is 9.59 Å². The summed E-state index contributed by atoms with van der Waals surface area (Å²) < 4.78 is 0. The molecule has 1 atom stereocenters. The van der Waals surface area contributed by atoms with Crippen LogP contribution in [0.2, 0.25) is 0 Å². The van der Waals surface area contributed by atoms with Crippen LogP contribution in [0.5, 0.6) is 0 Å². The lowest BCUT2D eigenvalue weighted by atomic mass is 9.95. The van der Waals surface area contributed by atoms with Gasteiger partial charge in [0.05, 0.1) is 16.6 Å². The number of rotatable bonds is 5. The van der Waals surface area contributed by atoms with Crippen LogP contribution in [-0.2, 0) is 11.2 Å². The van der Waals surface area contributed by atoms with Crippen LogP contribution in [0.4, 0.5) is 0 Å². The molecule has 0 unspecified atom stereocenters. The second-order valence-electron chi connectivity index (χ2n) is 7.52. The zero-order valence-corrected chi connectivity index (χ0v) is 17.0. The number of primary amides is 1. The average molecular weight is 397 g/mol. The summed E-state index contributed by atoms with van der Waals surface area (Å²) in [5, 5.41) is 4.36. The van der Waals surface area contributed by atoms with Gasteiger partial charge in [-0.05, 0) is 42.7 Å². The van der Waals surface area contributed by atoms with Crippen molar-refractivity contribution in [1.29, 1.82) is 0 Å². The Labute approximate surface area is 174 Å². The van der Waals surface area contributed by atoms with Crippen molar-refractivity contribution in [3.05, 3.63) is 89.0 Å². The minimum Gasteiger partial charge on any atom is -0.368 e.